The molecule has 0 unspecified atom stereocenters. The molecule has 0 aliphatic carbocycles. The summed E-state index contributed by atoms with van der Waals surface area (Å²) in [5.74, 6) is -1.07. The predicted molar refractivity (Wildman–Crippen MR) is 52.2 cm³/mol. The fraction of sp³-hybridized carbons (Fsp3) is 0.714. The van der Waals surface area contributed by atoms with Crippen molar-refractivity contribution in [2.45, 2.75) is 20.3 Å². The van der Waals surface area contributed by atoms with Gasteiger partial charge in [-0.2, -0.15) is 0 Å². The summed E-state index contributed by atoms with van der Waals surface area (Å²) in [4.78, 5) is 21.2. The van der Waals surface area contributed by atoms with Gasteiger partial charge in [-0.15, -0.1) is 0 Å². The standard InChI is InChI=1S/C7H12O4.2Na.2H/c1-3-10-6(8)5-7(9)11-4-2;;;;/h3-5H2,1-2H3;;;;. The van der Waals surface area contributed by atoms with Gasteiger partial charge in [-0.25, -0.2) is 0 Å². The van der Waals surface area contributed by atoms with E-state index in [9.17, 15) is 9.59 Å². The number of ether oxygens (including phenoxy) is 2. The second-order valence-electron chi connectivity index (χ2n) is 1.79. The molecular formula is C7H14Na2O4. The summed E-state index contributed by atoms with van der Waals surface area (Å²) < 4.78 is 9.04. The van der Waals surface area contributed by atoms with Crippen LogP contribution in [0, 0.1) is 0 Å². The summed E-state index contributed by atoms with van der Waals surface area (Å²) in [5.41, 5.74) is 0. The molecule has 0 aliphatic rings. The first-order valence-corrected chi connectivity index (χ1v) is 3.52. The topological polar surface area (TPSA) is 52.6 Å². The summed E-state index contributed by atoms with van der Waals surface area (Å²) in [7, 11) is 0. The van der Waals surface area contributed by atoms with Crippen molar-refractivity contribution in [1.82, 2.24) is 0 Å². The zero-order chi connectivity index (χ0) is 8.69. The van der Waals surface area contributed by atoms with Crippen molar-refractivity contribution in [2.24, 2.45) is 0 Å². The maximum absolute atomic E-state index is 10.6. The van der Waals surface area contributed by atoms with Crippen LogP contribution in [0.15, 0.2) is 0 Å². The van der Waals surface area contributed by atoms with E-state index in [-0.39, 0.29) is 78.7 Å². The van der Waals surface area contributed by atoms with Gasteiger partial charge in [0.15, 0.2) is 0 Å². The van der Waals surface area contributed by atoms with E-state index in [1.807, 2.05) is 0 Å². The summed E-state index contributed by atoms with van der Waals surface area (Å²) in [5, 5.41) is 0. The van der Waals surface area contributed by atoms with Crippen LogP contribution in [0.3, 0.4) is 0 Å². The van der Waals surface area contributed by atoms with Gasteiger partial charge in [0.1, 0.15) is 6.42 Å². The molecule has 0 rings (SSSR count). The Morgan fingerprint density at radius 3 is 1.46 bits per heavy atom. The first kappa shape index (κ1) is 19.5. The van der Waals surface area contributed by atoms with Crippen molar-refractivity contribution in [3.05, 3.63) is 0 Å². The second-order valence-corrected chi connectivity index (χ2v) is 1.79. The fourth-order valence-electron chi connectivity index (χ4n) is 0.542. The van der Waals surface area contributed by atoms with E-state index in [2.05, 4.69) is 9.47 Å². The molecule has 0 amide bonds. The molecule has 0 heterocycles. The Balaban J connectivity index is -0.000000500. The molecule has 0 saturated heterocycles. The zero-order valence-corrected chi connectivity index (χ0v) is 6.75. The predicted octanol–water partition coefficient (Wildman–Crippen LogP) is -0.794. The molecule has 4 nitrogen and oxygen atoms in total. The number of rotatable bonds is 4. The number of esters is 2. The van der Waals surface area contributed by atoms with Crippen molar-refractivity contribution in [3.8, 4) is 0 Å². The average Bonchev–Trinajstić information content (AvgIpc) is 1.87. The van der Waals surface area contributed by atoms with E-state index < -0.39 is 11.9 Å². The molecule has 68 valence electrons. The van der Waals surface area contributed by atoms with Crippen molar-refractivity contribution < 1.29 is 19.1 Å². The Morgan fingerprint density at radius 2 is 1.23 bits per heavy atom. The molecule has 0 fully saturated rings. The van der Waals surface area contributed by atoms with Crippen molar-refractivity contribution in [1.29, 1.82) is 0 Å². The van der Waals surface area contributed by atoms with Crippen LogP contribution in [0.1, 0.15) is 20.3 Å². The van der Waals surface area contributed by atoms with Gasteiger partial charge in [0.25, 0.3) is 0 Å². The zero-order valence-electron chi connectivity index (χ0n) is 6.75. The molecule has 0 spiro atoms. The summed E-state index contributed by atoms with van der Waals surface area (Å²) in [6.45, 7) is 3.95. The van der Waals surface area contributed by atoms with Crippen LogP contribution < -0.4 is 0 Å². The molecule has 0 N–H and O–H groups in total. The summed E-state index contributed by atoms with van der Waals surface area (Å²) in [6, 6.07) is 0. The Kier molecular flexibility index (Phi) is 19.4. The van der Waals surface area contributed by atoms with Crippen LogP contribution in [0.25, 0.3) is 0 Å². The Labute approximate surface area is 122 Å². The molecule has 0 aromatic heterocycles. The molecule has 13 heavy (non-hydrogen) atoms. The van der Waals surface area contributed by atoms with Gasteiger partial charge < -0.3 is 9.47 Å². The number of carbonyl (C=O) groups is 2. The molecule has 0 aromatic carbocycles. The SMILES string of the molecule is CCOC(=O)CC(=O)OCC.[NaH].[NaH]. The molecule has 0 atom stereocenters. The van der Waals surface area contributed by atoms with Crippen molar-refractivity contribution in [3.63, 3.8) is 0 Å². The molecule has 6 heteroatoms. The van der Waals surface area contributed by atoms with E-state index in [4.69, 9.17) is 0 Å². The van der Waals surface area contributed by atoms with Crippen LogP contribution in [0.2, 0.25) is 0 Å². The minimum atomic E-state index is -0.536. The van der Waals surface area contributed by atoms with Crippen LogP contribution in [0.4, 0.5) is 0 Å². The van der Waals surface area contributed by atoms with Gasteiger partial charge in [-0.3, -0.25) is 9.59 Å². The Hall–Kier alpha value is 0.940. The first-order valence-electron chi connectivity index (χ1n) is 3.52. The molecule has 0 radical (unpaired) electrons. The molecule has 0 bridgehead atoms. The van der Waals surface area contributed by atoms with Gasteiger partial charge >= 0.3 is 71.1 Å². The van der Waals surface area contributed by atoms with Crippen molar-refractivity contribution in [2.75, 3.05) is 13.2 Å². The Morgan fingerprint density at radius 1 is 0.923 bits per heavy atom. The van der Waals surface area contributed by atoms with Gasteiger partial charge in [0.2, 0.25) is 0 Å². The monoisotopic (exact) mass is 208 g/mol. The third kappa shape index (κ3) is 12.9. The molecule has 0 aromatic rings. The number of hydrogen-bond donors (Lipinski definition) is 0. The third-order valence-corrected chi connectivity index (χ3v) is 0.899. The van der Waals surface area contributed by atoms with E-state index >= 15 is 0 Å². The average molecular weight is 208 g/mol. The van der Waals surface area contributed by atoms with Crippen LogP contribution in [-0.2, 0) is 19.1 Å². The van der Waals surface area contributed by atoms with Crippen LogP contribution >= 0.6 is 0 Å². The van der Waals surface area contributed by atoms with Gasteiger partial charge in [-0.1, -0.05) is 0 Å². The maximum atomic E-state index is 10.6. The van der Waals surface area contributed by atoms with Crippen molar-refractivity contribution >= 4 is 71.1 Å². The summed E-state index contributed by atoms with van der Waals surface area (Å²) in [6.07, 6.45) is -0.290. The second kappa shape index (κ2) is 12.9. The van der Waals surface area contributed by atoms with Gasteiger partial charge in [-0.05, 0) is 13.8 Å². The van der Waals surface area contributed by atoms with Gasteiger partial charge in [0.05, 0.1) is 13.2 Å². The van der Waals surface area contributed by atoms with Crippen LogP contribution in [0.5, 0.6) is 0 Å². The van der Waals surface area contributed by atoms with Crippen LogP contribution in [-0.4, -0.2) is 84.3 Å². The molecule has 0 aliphatic heterocycles. The minimum absolute atomic E-state index is 0. The molecular weight excluding hydrogens is 194 g/mol. The van der Waals surface area contributed by atoms with E-state index in [1.54, 1.807) is 13.8 Å². The quantitative estimate of drug-likeness (QED) is 0.345. The van der Waals surface area contributed by atoms with E-state index in [0.29, 0.717) is 0 Å². The Bertz CT molecular complexity index is 133. The summed E-state index contributed by atoms with van der Waals surface area (Å²) >= 11 is 0. The van der Waals surface area contributed by atoms with E-state index in [0.717, 1.165) is 0 Å². The first-order chi connectivity index (χ1) is 5.20. The van der Waals surface area contributed by atoms with Gasteiger partial charge in [0, 0.05) is 0 Å². The fourth-order valence-corrected chi connectivity index (χ4v) is 0.542. The normalized spacial score (nSPS) is 7.54. The van der Waals surface area contributed by atoms with E-state index in [1.165, 1.54) is 0 Å². The number of hydrogen-bond acceptors (Lipinski definition) is 4. The molecule has 0 saturated carbocycles. The number of carbonyl (C=O) groups excluding carboxylic acids is 2. The third-order valence-electron chi connectivity index (χ3n) is 0.899.